The van der Waals surface area contributed by atoms with Crippen molar-refractivity contribution in [2.24, 2.45) is 0 Å². The Hall–Kier alpha value is -3.30. The summed E-state index contributed by atoms with van der Waals surface area (Å²) >= 11 is 0. The van der Waals surface area contributed by atoms with Gasteiger partial charge in [-0.15, -0.1) is 0 Å². The van der Waals surface area contributed by atoms with Crippen LogP contribution >= 0.6 is 0 Å². The number of amides is 3. The molecule has 196 valence electrons. The third-order valence-corrected chi connectivity index (χ3v) is 4.75. The van der Waals surface area contributed by atoms with Gasteiger partial charge in [0.05, 0.1) is 13.0 Å². The average molecular weight is 494 g/mol. The van der Waals surface area contributed by atoms with Crippen LogP contribution in [0.5, 0.6) is 5.75 Å². The number of rotatable bonds is 9. The third-order valence-electron chi connectivity index (χ3n) is 4.75. The first-order valence-electron chi connectivity index (χ1n) is 11.6. The number of carbonyl (C=O) groups is 4. The Labute approximate surface area is 207 Å². The van der Waals surface area contributed by atoms with Crippen LogP contribution in [0.1, 0.15) is 72.1 Å². The number of nitrogens with zero attached hydrogens (tertiary/aromatic N) is 1. The number of phenols is 1. The van der Waals surface area contributed by atoms with E-state index in [2.05, 4.69) is 10.6 Å². The minimum Gasteiger partial charge on any atom is -0.508 e. The van der Waals surface area contributed by atoms with E-state index in [9.17, 15) is 24.3 Å². The van der Waals surface area contributed by atoms with Crippen molar-refractivity contribution in [1.29, 1.82) is 0 Å². The minimum absolute atomic E-state index is 0.0214. The van der Waals surface area contributed by atoms with Crippen LogP contribution in [0.3, 0.4) is 0 Å². The molecule has 0 aliphatic carbocycles. The number of aryl methyl sites for hydroxylation is 1. The molecule has 10 nitrogen and oxygen atoms in total. The lowest BCUT2D eigenvalue weighted by molar-refractivity contribution is -0.146. The quantitative estimate of drug-likeness (QED) is 0.450. The molecule has 0 saturated heterocycles. The SMILES string of the molecule is CCOC(=O)CCNC(=O)C(c1ccc(O)c(C)c1)N(C(=O)CNC(=O)OC(C)(C)C)C(C)(C)C. The van der Waals surface area contributed by atoms with E-state index in [0.29, 0.717) is 11.1 Å². The van der Waals surface area contributed by atoms with Gasteiger partial charge in [0.15, 0.2) is 0 Å². The Bertz CT molecular complexity index is 917. The molecule has 1 aromatic carbocycles. The lowest BCUT2D eigenvalue weighted by atomic mass is 9.95. The molecule has 0 heterocycles. The number of benzene rings is 1. The van der Waals surface area contributed by atoms with E-state index in [1.807, 2.05) is 0 Å². The molecule has 3 N–H and O–H groups in total. The highest BCUT2D eigenvalue weighted by molar-refractivity contribution is 5.91. The predicted molar refractivity (Wildman–Crippen MR) is 131 cm³/mol. The zero-order valence-corrected chi connectivity index (χ0v) is 22.0. The zero-order chi connectivity index (χ0) is 27.0. The van der Waals surface area contributed by atoms with Gasteiger partial charge in [-0.1, -0.05) is 6.07 Å². The lowest BCUT2D eigenvalue weighted by Crippen LogP contribution is -2.55. The van der Waals surface area contributed by atoms with E-state index in [-0.39, 0.29) is 25.3 Å². The molecule has 3 amide bonds. The van der Waals surface area contributed by atoms with Gasteiger partial charge in [-0.05, 0) is 78.6 Å². The normalized spacial score (nSPS) is 12.3. The molecule has 0 aliphatic rings. The van der Waals surface area contributed by atoms with Gasteiger partial charge in [0.2, 0.25) is 11.8 Å². The molecule has 1 rings (SSSR count). The van der Waals surface area contributed by atoms with Crippen molar-refractivity contribution in [3.8, 4) is 5.75 Å². The average Bonchev–Trinajstić information content (AvgIpc) is 2.70. The van der Waals surface area contributed by atoms with Gasteiger partial charge in [-0.2, -0.15) is 0 Å². The summed E-state index contributed by atoms with van der Waals surface area (Å²) < 4.78 is 10.1. The van der Waals surface area contributed by atoms with Gasteiger partial charge >= 0.3 is 12.1 Å². The molecule has 0 bridgehead atoms. The Morgan fingerprint density at radius 2 is 1.69 bits per heavy atom. The number of alkyl carbamates (subject to hydrolysis) is 1. The first kappa shape index (κ1) is 29.7. The Balaban J connectivity index is 3.25. The number of ether oxygens (including phenoxy) is 2. The molecule has 1 unspecified atom stereocenters. The summed E-state index contributed by atoms with van der Waals surface area (Å²) in [5, 5.41) is 15.1. The fourth-order valence-electron chi connectivity index (χ4n) is 3.34. The Morgan fingerprint density at radius 1 is 1.06 bits per heavy atom. The second kappa shape index (κ2) is 12.4. The van der Waals surface area contributed by atoms with Crippen molar-refractivity contribution in [3.05, 3.63) is 29.3 Å². The van der Waals surface area contributed by atoms with Gasteiger partial charge in [0, 0.05) is 12.1 Å². The van der Waals surface area contributed by atoms with Gasteiger partial charge in [0.1, 0.15) is 23.9 Å². The van der Waals surface area contributed by atoms with Gasteiger partial charge in [0.25, 0.3) is 0 Å². The van der Waals surface area contributed by atoms with Crippen LogP contribution in [0.4, 0.5) is 4.79 Å². The number of esters is 1. The molecule has 0 saturated carbocycles. The standard InChI is InChI=1S/C25H39N3O7/c1-9-34-20(31)12-13-26-22(32)21(17-10-11-18(29)16(2)14-17)28(24(3,4)5)19(30)15-27-23(33)35-25(6,7)8/h10-11,14,21,29H,9,12-13,15H2,1-8H3,(H,26,32)(H,27,33). The summed E-state index contributed by atoms with van der Waals surface area (Å²) in [6.07, 6.45) is -0.777. The van der Waals surface area contributed by atoms with E-state index in [1.54, 1.807) is 67.5 Å². The molecular formula is C25H39N3O7. The maximum Gasteiger partial charge on any atom is 0.408 e. The Kier molecular flexibility index (Phi) is 10.5. The van der Waals surface area contributed by atoms with Crippen molar-refractivity contribution in [2.45, 2.75) is 79.0 Å². The van der Waals surface area contributed by atoms with Crippen LogP contribution in [0.25, 0.3) is 0 Å². The molecule has 0 aliphatic heterocycles. The fraction of sp³-hybridized carbons (Fsp3) is 0.600. The maximum absolute atomic E-state index is 13.4. The summed E-state index contributed by atoms with van der Waals surface area (Å²) in [5.41, 5.74) is -0.571. The van der Waals surface area contributed by atoms with E-state index in [1.165, 1.54) is 11.0 Å². The van der Waals surface area contributed by atoms with Crippen molar-refractivity contribution >= 4 is 23.9 Å². The third kappa shape index (κ3) is 9.84. The van der Waals surface area contributed by atoms with Crippen LogP contribution in [-0.2, 0) is 23.9 Å². The van der Waals surface area contributed by atoms with Crippen LogP contribution in [-0.4, -0.2) is 64.7 Å². The number of nitrogens with one attached hydrogen (secondary N) is 2. The highest BCUT2D eigenvalue weighted by Gasteiger charge is 2.38. The van der Waals surface area contributed by atoms with E-state index in [4.69, 9.17) is 9.47 Å². The monoisotopic (exact) mass is 493 g/mol. The summed E-state index contributed by atoms with van der Waals surface area (Å²) in [6.45, 7) is 13.7. The summed E-state index contributed by atoms with van der Waals surface area (Å²) in [4.78, 5) is 51.9. The molecule has 0 spiro atoms. The van der Waals surface area contributed by atoms with E-state index in [0.717, 1.165) is 0 Å². The van der Waals surface area contributed by atoms with E-state index >= 15 is 0 Å². The molecule has 1 aromatic rings. The number of aromatic hydroxyl groups is 1. The Morgan fingerprint density at radius 3 is 2.20 bits per heavy atom. The van der Waals surface area contributed by atoms with Gasteiger partial charge in [-0.3, -0.25) is 14.4 Å². The first-order valence-corrected chi connectivity index (χ1v) is 11.6. The van der Waals surface area contributed by atoms with Gasteiger partial charge in [-0.25, -0.2) is 4.79 Å². The second-order valence-electron chi connectivity index (χ2n) is 10.1. The van der Waals surface area contributed by atoms with Crippen LogP contribution in [0.15, 0.2) is 18.2 Å². The predicted octanol–water partition coefficient (Wildman–Crippen LogP) is 2.96. The largest absolute Gasteiger partial charge is 0.508 e. The summed E-state index contributed by atoms with van der Waals surface area (Å²) in [5.74, 6) is -1.43. The van der Waals surface area contributed by atoms with Gasteiger partial charge < -0.3 is 30.1 Å². The highest BCUT2D eigenvalue weighted by atomic mass is 16.6. The minimum atomic E-state index is -1.09. The summed E-state index contributed by atoms with van der Waals surface area (Å²) in [7, 11) is 0. The van der Waals surface area contributed by atoms with Crippen molar-refractivity contribution in [2.75, 3.05) is 19.7 Å². The number of phenolic OH excluding ortho intramolecular Hbond substituents is 1. The first-order chi connectivity index (χ1) is 16.1. The number of hydrogen-bond donors (Lipinski definition) is 3. The maximum atomic E-state index is 13.4. The second-order valence-corrected chi connectivity index (χ2v) is 10.1. The smallest absolute Gasteiger partial charge is 0.408 e. The topological polar surface area (TPSA) is 134 Å². The van der Waals surface area contributed by atoms with Crippen LogP contribution < -0.4 is 10.6 Å². The van der Waals surface area contributed by atoms with Crippen molar-refractivity contribution < 1.29 is 33.8 Å². The highest BCUT2D eigenvalue weighted by Crippen LogP contribution is 2.31. The molecule has 0 aromatic heterocycles. The molecule has 35 heavy (non-hydrogen) atoms. The molecule has 1 atom stereocenters. The van der Waals surface area contributed by atoms with Crippen LogP contribution in [0, 0.1) is 6.92 Å². The number of hydrogen-bond acceptors (Lipinski definition) is 7. The van der Waals surface area contributed by atoms with Crippen molar-refractivity contribution in [1.82, 2.24) is 15.5 Å². The van der Waals surface area contributed by atoms with Crippen LogP contribution in [0.2, 0.25) is 0 Å². The number of carbonyl (C=O) groups excluding carboxylic acids is 4. The molecular weight excluding hydrogens is 454 g/mol. The zero-order valence-electron chi connectivity index (χ0n) is 22.0. The lowest BCUT2D eigenvalue weighted by Gasteiger charge is -2.41. The van der Waals surface area contributed by atoms with Crippen molar-refractivity contribution in [3.63, 3.8) is 0 Å². The molecule has 0 radical (unpaired) electrons. The molecule has 0 fully saturated rings. The molecule has 10 heteroatoms. The fourth-order valence-corrected chi connectivity index (χ4v) is 3.34. The van der Waals surface area contributed by atoms with E-state index < -0.39 is 47.6 Å². The summed E-state index contributed by atoms with van der Waals surface area (Å²) in [6, 6.07) is 3.54.